The molecule has 6 rings (SSSR count). The summed E-state index contributed by atoms with van der Waals surface area (Å²) in [4.78, 5) is 29.4. The highest BCUT2D eigenvalue weighted by Gasteiger charge is 2.42. The second-order valence-corrected chi connectivity index (χ2v) is 28.0. The highest BCUT2D eigenvalue weighted by Crippen LogP contribution is 2.33. The van der Waals surface area contributed by atoms with Crippen molar-refractivity contribution >= 4 is 0 Å². The van der Waals surface area contributed by atoms with Gasteiger partial charge in [0.1, 0.15) is 0 Å². The number of rotatable bonds is 6. The first-order valence-electron chi connectivity index (χ1n) is 27.8. The molecule has 3 unspecified atom stereocenters. The fraction of sp³-hybridized carbons (Fsp3) is 1.00. The summed E-state index contributed by atoms with van der Waals surface area (Å²) < 4.78 is 0. The maximum absolute atomic E-state index is 2.64. The van der Waals surface area contributed by atoms with Gasteiger partial charge in [0, 0.05) is 143 Å². The summed E-state index contributed by atoms with van der Waals surface area (Å²) in [5.41, 5.74) is 1.80. The van der Waals surface area contributed by atoms with Crippen LogP contribution in [0.1, 0.15) is 137 Å². The molecule has 0 spiro atoms. The van der Waals surface area contributed by atoms with E-state index in [2.05, 4.69) is 247 Å². The zero-order valence-corrected chi connectivity index (χ0v) is 51.9. The van der Waals surface area contributed by atoms with E-state index in [9.17, 15) is 0 Å². The number of piperazine rings is 1. The van der Waals surface area contributed by atoms with Crippen LogP contribution in [0.25, 0.3) is 0 Å². The SMILES string of the molecule is CC(C)N(C)CCN(C)C.CN(C)C1CCN(C(C)(C)C)C1.CN(C)C1CN(C(C)(C)C)C1.CN1CCC2CN(C(C)(C)C)CC21.CN1CCCN(C(C)(C)C)CC1.CN1CCN(C(C)(C)C)CC1. The Labute approximate surface area is 433 Å². The molecule has 414 valence electrons. The van der Waals surface area contributed by atoms with Crippen LogP contribution in [-0.2, 0) is 0 Å². The molecular weight excluding hydrogens is 853 g/mol. The number of fused-ring (bicyclic) bond motifs is 1. The second kappa shape index (κ2) is 29.6. The molecule has 0 bridgehead atoms. The first-order chi connectivity index (χ1) is 31.3. The first kappa shape index (κ1) is 66.5. The third-order valence-corrected chi connectivity index (χ3v) is 16.1. The van der Waals surface area contributed by atoms with Gasteiger partial charge in [-0.15, -0.1) is 0 Å². The van der Waals surface area contributed by atoms with Crippen molar-refractivity contribution in [3.8, 4) is 0 Å². The maximum atomic E-state index is 2.64. The molecule has 0 N–H and O–H groups in total. The van der Waals surface area contributed by atoms with E-state index in [1.165, 1.54) is 117 Å². The summed E-state index contributed by atoms with van der Waals surface area (Å²) in [6.45, 7) is 59.9. The number of nitrogens with zero attached hydrogens (tertiary/aromatic N) is 12. The topological polar surface area (TPSA) is 38.9 Å². The van der Waals surface area contributed by atoms with E-state index in [0.717, 1.165) is 37.1 Å². The lowest BCUT2D eigenvalue weighted by atomic mass is 9.97. The van der Waals surface area contributed by atoms with E-state index in [1.54, 1.807) is 0 Å². The van der Waals surface area contributed by atoms with Crippen LogP contribution in [0.4, 0.5) is 0 Å². The number of hydrogen-bond donors (Lipinski definition) is 0. The molecule has 0 radical (unpaired) electrons. The monoisotopic (exact) mass is 979 g/mol. The van der Waals surface area contributed by atoms with Gasteiger partial charge in [-0.25, -0.2) is 0 Å². The fourth-order valence-corrected chi connectivity index (χ4v) is 9.63. The van der Waals surface area contributed by atoms with Gasteiger partial charge >= 0.3 is 0 Å². The Morgan fingerprint density at radius 2 is 0.812 bits per heavy atom. The number of hydrogen-bond acceptors (Lipinski definition) is 12. The van der Waals surface area contributed by atoms with Crippen molar-refractivity contribution < 1.29 is 0 Å². The third kappa shape index (κ3) is 26.0. The zero-order valence-electron chi connectivity index (χ0n) is 51.9. The minimum atomic E-state index is 0.352. The third-order valence-electron chi connectivity index (χ3n) is 16.1. The predicted octanol–water partition coefficient (Wildman–Crippen LogP) is 7.22. The molecule has 0 aromatic carbocycles. The van der Waals surface area contributed by atoms with Gasteiger partial charge in [0.05, 0.1) is 0 Å². The molecule has 0 aromatic rings. The zero-order chi connectivity index (χ0) is 53.5. The van der Waals surface area contributed by atoms with E-state index in [4.69, 9.17) is 0 Å². The van der Waals surface area contributed by atoms with Crippen LogP contribution >= 0.6 is 0 Å². The van der Waals surface area contributed by atoms with E-state index in [1.807, 2.05) is 0 Å². The standard InChI is InChI=1S/C11H22N2.2C10H22N2.2C9H20N2.C8H20N2/c1-11(2,3)13-7-9-5-6-12(4)10(9)8-13;1-10(2,3)12-7-6-9(8-12)11(4)5;1-10(2,3)12-7-5-6-11(4)8-9-12;1-9(2,3)11-6-8(7-11)10(4)5;1-9(2,3)11-7-5-10(4)6-8-11;1-8(2)10(5)7-6-9(3)4/h9-10H,5-8H2,1-4H3;9H,6-8H2,1-5H3;5-9H2,1-4H3;8H,6-7H2,1-5H3;5-8H2,1-4H3;8H,6-7H2,1-5H3. The molecule has 6 aliphatic rings. The summed E-state index contributed by atoms with van der Waals surface area (Å²) in [5.74, 6) is 0.948. The average Bonchev–Trinajstić information content (AvgIpc) is 3.89. The summed E-state index contributed by atoms with van der Waals surface area (Å²) in [6.07, 6.45) is 4.05. The molecule has 6 saturated heterocycles. The van der Waals surface area contributed by atoms with Gasteiger partial charge in [-0.2, -0.15) is 0 Å². The van der Waals surface area contributed by atoms with Crippen molar-refractivity contribution in [3.63, 3.8) is 0 Å². The first-order valence-corrected chi connectivity index (χ1v) is 27.8. The van der Waals surface area contributed by atoms with Crippen molar-refractivity contribution in [2.45, 2.75) is 189 Å². The Morgan fingerprint density at radius 1 is 0.406 bits per heavy atom. The predicted molar refractivity (Wildman–Crippen MR) is 307 cm³/mol. The van der Waals surface area contributed by atoms with Gasteiger partial charge in [0.2, 0.25) is 0 Å². The molecule has 6 aliphatic heterocycles. The van der Waals surface area contributed by atoms with Gasteiger partial charge in [0.25, 0.3) is 0 Å². The van der Waals surface area contributed by atoms with Crippen LogP contribution in [0.2, 0.25) is 0 Å². The molecule has 0 aliphatic carbocycles. The van der Waals surface area contributed by atoms with Gasteiger partial charge in [-0.1, -0.05) is 0 Å². The maximum Gasteiger partial charge on any atom is 0.0344 e. The molecule has 69 heavy (non-hydrogen) atoms. The summed E-state index contributed by atoms with van der Waals surface area (Å²) in [7, 11) is 21.7. The van der Waals surface area contributed by atoms with Crippen LogP contribution < -0.4 is 0 Å². The number of likely N-dealkylation sites (N-methyl/N-ethyl adjacent to an activating group) is 7. The van der Waals surface area contributed by atoms with Crippen molar-refractivity contribution in [3.05, 3.63) is 0 Å². The molecule has 3 atom stereocenters. The second-order valence-electron chi connectivity index (χ2n) is 28.0. The van der Waals surface area contributed by atoms with Crippen LogP contribution in [0.5, 0.6) is 0 Å². The average molecular weight is 980 g/mol. The van der Waals surface area contributed by atoms with E-state index >= 15 is 0 Å². The van der Waals surface area contributed by atoms with E-state index in [0.29, 0.717) is 33.7 Å². The van der Waals surface area contributed by atoms with Crippen LogP contribution in [0, 0.1) is 5.92 Å². The van der Waals surface area contributed by atoms with Gasteiger partial charge in [-0.3, -0.25) is 24.5 Å². The lowest BCUT2D eigenvalue weighted by Gasteiger charge is -2.49. The number of likely N-dealkylation sites (tertiary alicyclic amines) is 4. The Bertz CT molecular complexity index is 1320. The summed E-state index contributed by atoms with van der Waals surface area (Å²) >= 11 is 0. The van der Waals surface area contributed by atoms with E-state index in [-0.39, 0.29) is 0 Å². The Hall–Kier alpha value is -0.480. The van der Waals surface area contributed by atoms with Crippen molar-refractivity contribution in [1.82, 2.24) is 58.8 Å². The Kier molecular flexibility index (Phi) is 28.5. The van der Waals surface area contributed by atoms with Gasteiger partial charge < -0.3 is 34.3 Å². The molecule has 0 saturated carbocycles. The molecule has 0 aromatic heterocycles. The van der Waals surface area contributed by atoms with Crippen LogP contribution in [0.3, 0.4) is 0 Å². The van der Waals surface area contributed by atoms with Crippen molar-refractivity contribution in [2.24, 2.45) is 5.92 Å². The highest BCUT2D eigenvalue weighted by molar-refractivity contribution is 4.98. The summed E-state index contributed by atoms with van der Waals surface area (Å²) in [5, 5.41) is 0. The molecule has 12 nitrogen and oxygen atoms in total. The van der Waals surface area contributed by atoms with Crippen molar-refractivity contribution in [1.29, 1.82) is 0 Å². The van der Waals surface area contributed by atoms with Crippen molar-refractivity contribution in [2.75, 3.05) is 182 Å². The lowest BCUT2D eigenvalue weighted by Crippen LogP contribution is -2.63. The molecule has 6 fully saturated rings. The minimum absolute atomic E-state index is 0.352. The van der Waals surface area contributed by atoms with Gasteiger partial charge in [-0.05, 0) is 233 Å². The quantitative estimate of drug-likeness (QED) is 0.270. The van der Waals surface area contributed by atoms with Gasteiger partial charge in [0.15, 0.2) is 0 Å². The largest absolute Gasteiger partial charge is 0.308 e. The molecule has 0 amide bonds. The highest BCUT2D eigenvalue weighted by atomic mass is 15.3. The van der Waals surface area contributed by atoms with E-state index < -0.39 is 0 Å². The molecule has 6 heterocycles. The minimum Gasteiger partial charge on any atom is -0.308 e. The molecule has 12 heteroatoms. The Morgan fingerprint density at radius 3 is 1.17 bits per heavy atom. The Balaban J connectivity index is 0.000000415. The van der Waals surface area contributed by atoms with Crippen LogP contribution in [0.15, 0.2) is 0 Å². The summed E-state index contributed by atoms with van der Waals surface area (Å²) in [6, 6.07) is 3.07. The fourth-order valence-electron chi connectivity index (χ4n) is 9.63. The normalized spacial score (nSPS) is 25.0. The lowest BCUT2D eigenvalue weighted by molar-refractivity contribution is -0.00401. The molecular formula is C57H126N12. The smallest absolute Gasteiger partial charge is 0.0344 e. The van der Waals surface area contributed by atoms with Crippen LogP contribution in [-0.4, -0.2) is 292 Å².